The van der Waals surface area contributed by atoms with Crippen LogP contribution in [-0.2, 0) is 22.1 Å². The van der Waals surface area contributed by atoms with Crippen LogP contribution in [0.2, 0.25) is 0 Å². The van der Waals surface area contributed by atoms with Crippen molar-refractivity contribution in [2.75, 3.05) is 0 Å². The van der Waals surface area contributed by atoms with E-state index in [9.17, 15) is 22.8 Å². The van der Waals surface area contributed by atoms with E-state index in [-0.39, 0.29) is 12.0 Å². The third-order valence-corrected chi connectivity index (χ3v) is 4.73. The first kappa shape index (κ1) is 20.1. The number of alkyl halides is 3. The SMILES string of the molecule is CC(C)(C)OC(=O)C1C(=O)c2ccccc2C[C@@H]1c1ccccc1C(F)(F)F. The highest BCUT2D eigenvalue weighted by Gasteiger charge is 2.46. The smallest absolute Gasteiger partial charge is 0.416 e. The predicted molar refractivity (Wildman–Crippen MR) is 98.0 cm³/mol. The van der Waals surface area contributed by atoms with Gasteiger partial charge in [0.1, 0.15) is 11.5 Å². The number of halogens is 3. The molecule has 1 aliphatic rings. The topological polar surface area (TPSA) is 43.4 Å². The number of hydrogen-bond acceptors (Lipinski definition) is 3. The summed E-state index contributed by atoms with van der Waals surface area (Å²) in [7, 11) is 0. The summed E-state index contributed by atoms with van der Waals surface area (Å²) < 4.78 is 46.2. The molecule has 0 aromatic heterocycles. The van der Waals surface area contributed by atoms with Gasteiger partial charge in [-0.1, -0.05) is 42.5 Å². The van der Waals surface area contributed by atoms with Gasteiger partial charge in [0, 0.05) is 11.5 Å². The van der Waals surface area contributed by atoms with Gasteiger partial charge >= 0.3 is 12.1 Å². The number of carbonyl (C=O) groups is 2. The number of ether oxygens (including phenoxy) is 1. The highest BCUT2D eigenvalue weighted by molar-refractivity contribution is 6.11. The molecule has 0 bridgehead atoms. The van der Waals surface area contributed by atoms with Crippen molar-refractivity contribution in [2.45, 2.75) is 44.9 Å². The van der Waals surface area contributed by atoms with Crippen LogP contribution in [0.25, 0.3) is 0 Å². The van der Waals surface area contributed by atoms with Gasteiger partial charge in [0.15, 0.2) is 5.78 Å². The zero-order chi connectivity index (χ0) is 20.7. The Morgan fingerprint density at radius 1 is 1.00 bits per heavy atom. The molecule has 1 unspecified atom stereocenters. The molecule has 0 radical (unpaired) electrons. The maximum absolute atomic E-state index is 13.6. The van der Waals surface area contributed by atoms with Crippen LogP contribution in [0.1, 0.15) is 53.7 Å². The maximum Gasteiger partial charge on any atom is 0.416 e. The summed E-state index contributed by atoms with van der Waals surface area (Å²) in [6.45, 7) is 4.97. The fourth-order valence-corrected chi connectivity index (χ4v) is 3.65. The van der Waals surface area contributed by atoms with Crippen molar-refractivity contribution in [1.82, 2.24) is 0 Å². The highest BCUT2D eigenvalue weighted by Crippen LogP contribution is 2.43. The minimum Gasteiger partial charge on any atom is -0.459 e. The van der Waals surface area contributed by atoms with Crippen molar-refractivity contribution < 1.29 is 27.5 Å². The second-order valence-electron chi connectivity index (χ2n) is 7.93. The Bertz CT molecular complexity index is 910. The van der Waals surface area contributed by atoms with Crippen LogP contribution < -0.4 is 0 Å². The molecule has 148 valence electrons. The predicted octanol–water partition coefficient (Wildman–Crippen LogP) is 5.19. The highest BCUT2D eigenvalue weighted by atomic mass is 19.4. The normalized spacial score (nSPS) is 19.9. The van der Waals surface area contributed by atoms with E-state index in [2.05, 4.69) is 0 Å². The van der Waals surface area contributed by atoms with E-state index in [4.69, 9.17) is 4.74 Å². The Kier molecular flexibility index (Phi) is 5.08. The molecule has 0 aliphatic heterocycles. The van der Waals surface area contributed by atoms with Crippen LogP contribution in [0, 0.1) is 5.92 Å². The van der Waals surface area contributed by atoms with Gasteiger partial charge < -0.3 is 4.74 Å². The lowest BCUT2D eigenvalue weighted by Gasteiger charge is -2.34. The van der Waals surface area contributed by atoms with Gasteiger partial charge in [0.25, 0.3) is 0 Å². The molecule has 0 saturated heterocycles. The summed E-state index contributed by atoms with van der Waals surface area (Å²) in [5.74, 6) is -3.57. The van der Waals surface area contributed by atoms with E-state index in [1.54, 1.807) is 45.0 Å². The number of ketones is 1. The molecular formula is C22H21F3O3. The van der Waals surface area contributed by atoms with Gasteiger partial charge in [0.2, 0.25) is 0 Å². The van der Waals surface area contributed by atoms with Crippen LogP contribution >= 0.6 is 0 Å². The third kappa shape index (κ3) is 3.96. The molecule has 2 atom stereocenters. The van der Waals surface area contributed by atoms with E-state index in [0.717, 1.165) is 6.07 Å². The first-order valence-corrected chi connectivity index (χ1v) is 9.00. The van der Waals surface area contributed by atoms with Gasteiger partial charge in [-0.05, 0) is 44.4 Å². The maximum atomic E-state index is 13.6. The molecular weight excluding hydrogens is 369 g/mol. The number of esters is 1. The monoisotopic (exact) mass is 390 g/mol. The lowest BCUT2D eigenvalue weighted by molar-refractivity contribution is -0.159. The molecule has 3 nitrogen and oxygen atoms in total. The molecule has 2 aromatic rings. The zero-order valence-electron chi connectivity index (χ0n) is 15.8. The molecule has 28 heavy (non-hydrogen) atoms. The van der Waals surface area contributed by atoms with Crippen LogP contribution in [0.3, 0.4) is 0 Å². The summed E-state index contributed by atoms with van der Waals surface area (Å²) in [5.41, 5.74) is -0.759. The zero-order valence-corrected chi connectivity index (χ0v) is 15.8. The molecule has 0 spiro atoms. The summed E-state index contributed by atoms with van der Waals surface area (Å²) in [6, 6.07) is 11.8. The van der Waals surface area contributed by atoms with Crippen molar-refractivity contribution >= 4 is 11.8 Å². The quantitative estimate of drug-likeness (QED) is 0.524. The van der Waals surface area contributed by atoms with Crippen LogP contribution in [0.4, 0.5) is 13.2 Å². The van der Waals surface area contributed by atoms with Crippen molar-refractivity contribution in [1.29, 1.82) is 0 Å². The van der Waals surface area contributed by atoms with E-state index in [1.165, 1.54) is 18.2 Å². The molecule has 3 rings (SSSR count). The lowest BCUT2D eigenvalue weighted by atomic mass is 9.71. The lowest BCUT2D eigenvalue weighted by Crippen LogP contribution is -2.40. The van der Waals surface area contributed by atoms with Gasteiger partial charge in [-0.3, -0.25) is 9.59 Å². The van der Waals surface area contributed by atoms with Crippen LogP contribution in [0.5, 0.6) is 0 Å². The molecule has 2 aromatic carbocycles. The first-order chi connectivity index (χ1) is 13.0. The third-order valence-electron chi connectivity index (χ3n) is 4.73. The number of rotatable bonds is 2. The second kappa shape index (κ2) is 7.08. The number of hydrogen-bond donors (Lipinski definition) is 0. The minimum absolute atomic E-state index is 0.0614. The van der Waals surface area contributed by atoms with Crippen LogP contribution in [-0.4, -0.2) is 17.4 Å². The van der Waals surface area contributed by atoms with Gasteiger partial charge in [-0.2, -0.15) is 13.2 Å². The molecule has 0 amide bonds. The van der Waals surface area contributed by atoms with Crippen molar-refractivity contribution in [3.05, 3.63) is 70.8 Å². The van der Waals surface area contributed by atoms with Crippen molar-refractivity contribution in [3.63, 3.8) is 0 Å². The Hall–Kier alpha value is -2.63. The van der Waals surface area contributed by atoms with Gasteiger partial charge in [0.05, 0.1) is 5.56 Å². The second-order valence-corrected chi connectivity index (χ2v) is 7.93. The largest absolute Gasteiger partial charge is 0.459 e. The summed E-state index contributed by atoms with van der Waals surface area (Å²) in [5, 5.41) is 0. The van der Waals surface area contributed by atoms with E-state index >= 15 is 0 Å². The molecule has 0 heterocycles. The molecule has 0 saturated carbocycles. The number of benzene rings is 2. The van der Waals surface area contributed by atoms with Gasteiger partial charge in [-0.15, -0.1) is 0 Å². The molecule has 0 fully saturated rings. The Labute approximate surface area is 161 Å². The minimum atomic E-state index is -4.59. The number of Topliss-reactive ketones (excluding diaryl/α,β-unsaturated/α-hetero) is 1. The average molecular weight is 390 g/mol. The Morgan fingerprint density at radius 3 is 2.25 bits per heavy atom. The van der Waals surface area contributed by atoms with E-state index in [0.29, 0.717) is 11.1 Å². The first-order valence-electron chi connectivity index (χ1n) is 9.00. The number of carbonyl (C=O) groups excluding carboxylic acids is 2. The Morgan fingerprint density at radius 2 is 1.61 bits per heavy atom. The molecule has 6 heteroatoms. The fourth-order valence-electron chi connectivity index (χ4n) is 3.65. The summed E-state index contributed by atoms with van der Waals surface area (Å²) in [6.07, 6.45) is -4.44. The van der Waals surface area contributed by atoms with Crippen molar-refractivity contribution in [3.8, 4) is 0 Å². The number of fused-ring (bicyclic) bond motifs is 1. The molecule has 0 N–H and O–H groups in total. The van der Waals surface area contributed by atoms with E-state index < -0.39 is 40.9 Å². The summed E-state index contributed by atoms with van der Waals surface area (Å²) in [4.78, 5) is 26.0. The summed E-state index contributed by atoms with van der Waals surface area (Å²) >= 11 is 0. The molecule has 1 aliphatic carbocycles. The van der Waals surface area contributed by atoms with Crippen LogP contribution in [0.15, 0.2) is 48.5 Å². The standard InChI is InChI=1S/C22H21F3O3/c1-21(2,3)28-20(27)18-16(12-13-8-4-5-9-14(13)19(18)26)15-10-6-7-11-17(15)22(23,24)25/h4-11,16,18H,12H2,1-3H3/t16-,18?/m1/s1. The van der Waals surface area contributed by atoms with E-state index in [1.807, 2.05) is 0 Å². The van der Waals surface area contributed by atoms with Gasteiger partial charge in [-0.25, -0.2) is 0 Å². The average Bonchev–Trinajstić information content (AvgIpc) is 2.59. The Balaban J connectivity index is 2.15. The van der Waals surface area contributed by atoms with Crippen molar-refractivity contribution in [2.24, 2.45) is 5.92 Å². The fraction of sp³-hybridized carbons (Fsp3) is 0.364.